The monoisotopic (exact) mass is 178 g/mol. The second kappa shape index (κ2) is 4.39. The van der Waals surface area contributed by atoms with E-state index in [4.69, 9.17) is 14.9 Å². The van der Waals surface area contributed by atoms with Crippen LogP contribution in [0.5, 0.6) is 11.5 Å². The quantitative estimate of drug-likeness (QED) is 0.624. The zero-order chi connectivity index (χ0) is 9.68. The predicted octanol–water partition coefficient (Wildman–Crippen LogP) is 0.745. The average Bonchev–Trinajstić information content (AvgIpc) is 2.16. The van der Waals surface area contributed by atoms with Crippen LogP contribution in [0.3, 0.4) is 0 Å². The molecule has 0 aliphatic rings. The van der Waals surface area contributed by atoms with Gasteiger partial charge in [-0.3, -0.25) is 0 Å². The largest absolute Gasteiger partial charge is 0.508 e. The summed E-state index contributed by atoms with van der Waals surface area (Å²) in [5, 5.41) is 17.6. The Balaban J connectivity index is 3.06. The first kappa shape index (κ1) is 9.43. The SMILES string of the molecule is COc1cc(O)ccc1C#CCO. The van der Waals surface area contributed by atoms with Crippen LogP contribution in [0.4, 0.5) is 0 Å². The van der Waals surface area contributed by atoms with Gasteiger partial charge in [-0.1, -0.05) is 11.8 Å². The molecule has 0 aromatic heterocycles. The van der Waals surface area contributed by atoms with Crippen LogP contribution in [0.1, 0.15) is 5.56 Å². The van der Waals surface area contributed by atoms with Crippen LogP contribution in [-0.4, -0.2) is 23.9 Å². The molecule has 1 rings (SSSR count). The summed E-state index contributed by atoms with van der Waals surface area (Å²) in [4.78, 5) is 0. The molecule has 0 unspecified atom stereocenters. The van der Waals surface area contributed by atoms with Crippen molar-refractivity contribution in [3.05, 3.63) is 23.8 Å². The summed E-state index contributed by atoms with van der Waals surface area (Å²) in [5.41, 5.74) is 0.648. The van der Waals surface area contributed by atoms with Crippen molar-refractivity contribution in [1.82, 2.24) is 0 Å². The molecule has 0 atom stereocenters. The van der Waals surface area contributed by atoms with Crippen molar-refractivity contribution in [1.29, 1.82) is 0 Å². The lowest BCUT2D eigenvalue weighted by atomic mass is 10.2. The number of hydrogen-bond acceptors (Lipinski definition) is 3. The summed E-state index contributed by atoms with van der Waals surface area (Å²) in [5.74, 6) is 5.84. The van der Waals surface area contributed by atoms with Crippen LogP contribution in [-0.2, 0) is 0 Å². The van der Waals surface area contributed by atoms with Crippen molar-refractivity contribution in [2.75, 3.05) is 13.7 Å². The lowest BCUT2D eigenvalue weighted by Crippen LogP contribution is -1.87. The molecule has 0 radical (unpaired) electrons. The average molecular weight is 178 g/mol. The standard InChI is InChI=1S/C10H10O3/c1-13-10-7-9(12)5-4-8(10)3-2-6-11/h4-5,7,11-12H,6H2,1H3. The van der Waals surface area contributed by atoms with Crippen LogP contribution in [0, 0.1) is 11.8 Å². The van der Waals surface area contributed by atoms with Crippen molar-refractivity contribution in [2.24, 2.45) is 0 Å². The zero-order valence-electron chi connectivity index (χ0n) is 7.24. The third kappa shape index (κ3) is 2.39. The number of phenolic OH excluding ortho intramolecular Hbond substituents is 1. The smallest absolute Gasteiger partial charge is 0.138 e. The highest BCUT2D eigenvalue weighted by Crippen LogP contribution is 2.22. The van der Waals surface area contributed by atoms with Crippen molar-refractivity contribution in [3.8, 4) is 23.3 Å². The minimum Gasteiger partial charge on any atom is -0.508 e. The molecule has 3 nitrogen and oxygen atoms in total. The van der Waals surface area contributed by atoms with Crippen LogP contribution < -0.4 is 4.74 Å². The maximum Gasteiger partial charge on any atom is 0.138 e. The second-order valence-corrected chi connectivity index (χ2v) is 2.34. The normalized spacial score (nSPS) is 8.77. The topological polar surface area (TPSA) is 49.7 Å². The van der Waals surface area contributed by atoms with Gasteiger partial charge >= 0.3 is 0 Å². The van der Waals surface area contributed by atoms with Gasteiger partial charge in [0.25, 0.3) is 0 Å². The van der Waals surface area contributed by atoms with Crippen LogP contribution >= 0.6 is 0 Å². The van der Waals surface area contributed by atoms with E-state index in [9.17, 15) is 0 Å². The number of hydrogen-bond donors (Lipinski definition) is 2. The molecule has 1 aromatic rings. The third-order valence-corrected chi connectivity index (χ3v) is 1.49. The van der Waals surface area contributed by atoms with Gasteiger partial charge in [-0.15, -0.1) is 0 Å². The van der Waals surface area contributed by atoms with Crippen molar-refractivity contribution < 1.29 is 14.9 Å². The van der Waals surface area contributed by atoms with E-state index in [0.717, 1.165) is 0 Å². The molecule has 0 aliphatic heterocycles. The molecule has 0 saturated heterocycles. The number of aliphatic hydroxyl groups is 1. The number of aromatic hydroxyl groups is 1. The van der Waals surface area contributed by atoms with Gasteiger partial charge in [0.1, 0.15) is 18.1 Å². The Morgan fingerprint density at radius 1 is 1.46 bits per heavy atom. The van der Waals surface area contributed by atoms with Gasteiger partial charge in [0.15, 0.2) is 0 Å². The lowest BCUT2D eigenvalue weighted by Gasteiger charge is -2.02. The van der Waals surface area contributed by atoms with Gasteiger partial charge in [-0.2, -0.15) is 0 Å². The van der Waals surface area contributed by atoms with E-state index in [-0.39, 0.29) is 12.4 Å². The number of rotatable bonds is 1. The van der Waals surface area contributed by atoms with Gasteiger partial charge in [-0.05, 0) is 12.1 Å². The number of phenols is 1. The van der Waals surface area contributed by atoms with Gasteiger partial charge in [0, 0.05) is 6.07 Å². The Bertz CT molecular complexity index is 347. The Hall–Kier alpha value is -1.66. The van der Waals surface area contributed by atoms with E-state index in [1.807, 2.05) is 0 Å². The molecule has 3 heteroatoms. The van der Waals surface area contributed by atoms with Gasteiger partial charge in [0.05, 0.1) is 12.7 Å². The molecule has 68 valence electrons. The summed E-state index contributed by atoms with van der Waals surface area (Å²) >= 11 is 0. The number of ether oxygens (including phenoxy) is 1. The van der Waals surface area contributed by atoms with Crippen LogP contribution in [0.25, 0.3) is 0 Å². The molecule has 2 N–H and O–H groups in total. The van der Waals surface area contributed by atoms with Crippen molar-refractivity contribution in [2.45, 2.75) is 0 Å². The van der Waals surface area contributed by atoms with Gasteiger partial charge in [0.2, 0.25) is 0 Å². The van der Waals surface area contributed by atoms with E-state index in [2.05, 4.69) is 11.8 Å². The van der Waals surface area contributed by atoms with E-state index in [1.165, 1.54) is 19.2 Å². The molecule has 0 spiro atoms. The molecule has 0 bridgehead atoms. The summed E-state index contributed by atoms with van der Waals surface area (Å²) in [6, 6.07) is 4.63. The van der Waals surface area contributed by atoms with Gasteiger partial charge < -0.3 is 14.9 Å². The Morgan fingerprint density at radius 3 is 2.85 bits per heavy atom. The third-order valence-electron chi connectivity index (χ3n) is 1.49. The maximum atomic E-state index is 9.12. The number of methoxy groups -OCH3 is 1. The van der Waals surface area contributed by atoms with E-state index < -0.39 is 0 Å². The van der Waals surface area contributed by atoms with Crippen LogP contribution in [0.15, 0.2) is 18.2 Å². The second-order valence-electron chi connectivity index (χ2n) is 2.34. The van der Waals surface area contributed by atoms with E-state index in [1.54, 1.807) is 6.07 Å². The molecule has 0 heterocycles. The highest BCUT2D eigenvalue weighted by Gasteiger charge is 1.99. The van der Waals surface area contributed by atoms with Crippen LogP contribution in [0.2, 0.25) is 0 Å². The molecule has 0 fully saturated rings. The highest BCUT2D eigenvalue weighted by molar-refractivity contribution is 5.49. The van der Waals surface area contributed by atoms with E-state index in [0.29, 0.717) is 11.3 Å². The Labute approximate surface area is 76.6 Å². The zero-order valence-corrected chi connectivity index (χ0v) is 7.24. The Kier molecular flexibility index (Phi) is 3.18. The molecule has 0 aliphatic carbocycles. The fraction of sp³-hybridized carbons (Fsp3) is 0.200. The predicted molar refractivity (Wildman–Crippen MR) is 48.6 cm³/mol. The van der Waals surface area contributed by atoms with Gasteiger partial charge in [-0.25, -0.2) is 0 Å². The first-order valence-corrected chi connectivity index (χ1v) is 3.74. The molecule has 1 aromatic carbocycles. The summed E-state index contributed by atoms with van der Waals surface area (Å²) in [6.07, 6.45) is 0. The minimum atomic E-state index is -0.190. The van der Waals surface area contributed by atoms with Crippen molar-refractivity contribution >= 4 is 0 Å². The van der Waals surface area contributed by atoms with E-state index >= 15 is 0 Å². The molecule has 0 amide bonds. The molecule has 13 heavy (non-hydrogen) atoms. The van der Waals surface area contributed by atoms with Crippen molar-refractivity contribution in [3.63, 3.8) is 0 Å². The summed E-state index contributed by atoms with van der Waals surface area (Å²) < 4.78 is 4.98. The first-order chi connectivity index (χ1) is 6.27. The highest BCUT2D eigenvalue weighted by atomic mass is 16.5. The molecular weight excluding hydrogens is 168 g/mol. The first-order valence-electron chi connectivity index (χ1n) is 3.74. The fourth-order valence-corrected chi connectivity index (χ4v) is 0.918. The molecular formula is C10H10O3. The number of benzene rings is 1. The Morgan fingerprint density at radius 2 is 2.23 bits per heavy atom. The molecule has 0 saturated carbocycles. The maximum absolute atomic E-state index is 9.12. The summed E-state index contributed by atoms with van der Waals surface area (Å²) in [6.45, 7) is -0.190. The number of aliphatic hydroxyl groups excluding tert-OH is 1. The fourth-order valence-electron chi connectivity index (χ4n) is 0.918. The minimum absolute atomic E-state index is 0.131. The lowest BCUT2D eigenvalue weighted by molar-refractivity contribution is 0.350. The summed E-state index contributed by atoms with van der Waals surface area (Å²) in [7, 11) is 1.50.